The maximum absolute atomic E-state index is 12.5. The fourth-order valence-corrected chi connectivity index (χ4v) is 4.21. The van der Waals surface area contributed by atoms with Gasteiger partial charge in [0.05, 0.1) is 13.2 Å². The van der Waals surface area contributed by atoms with Crippen LogP contribution in [-0.2, 0) is 24.3 Å². The molecule has 0 saturated carbocycles. The zero-order chi connectivity index (χ0) is 15.6. The molecule has 0 aromatic rings. The molecule has 0 aromatic carbocycles. The predicted molar refractivity (Wildman–Crippen MR) is 73.1 cm³/mol. The second-order valence-electron chi connectivity index (χ2n) is 5.23. The molecule has 120 valence electrons. The number of amides is 1. The van der Waals surface area contributed by atoms with Gasteiger partial charge >= 0.3 is 5.97 Å². The Morgan fingerprint density at radius 1 is 1.24 bits per heavy atom. The molecule has 0 aromatic heterocycles. The van der Waals surface area contributed by atoms with Crippen molar-refractivity contribution in [1.29, 1.82) is 0 Å². The standard InChI is InChI=1S/C12H20N2O6S/c1-9(12(16)17)21(18,19)14-4-2-3-10(14)11(15)13-5-7-20-8-6-13/h9-10H,2-8H2,1H3,(H,16,17). The molecule has 2 aliphatic rings. The Balaban J connectivity index is 2.16. The summed E-state index contributed by atoms with van der Waals surface area (Å²) in [6, 6.07) is -0.783. The summed E-state index contributed by atoms with van der Waals surface area (Å²) in [6.07, 6.45) is 0.994. The van der Waals surface area contributed by atoms with Gasteiger partial charge in [-0.2, -0.15) is 4.31 Å². The predicted octanol–water partition coefficient (Wildman–Crippen LogP) is -0.887. The first-order valence-electron chi connectivity index (χ1n) is 6.95. The molecule has 2 aliphatic heterocycles. The van der Waals surface area contributed by atoms with Crippen LogP contribution >= 0.6 is 0 Å². The number of sulfonamides is 1. The van der Waals surface area contributed by atoms with Gasteiger partial charge in [0.15, 0.2) is 5.25 Å². The Morgan fingerprint density at radius 3 is 2.43 bits per heavy atom. The normalized spacial score (nSPS) is 25.8. The van der Waals surface area contributed by atoms with Crippen LogP contribution in [0.25, 0.3) is 0 Å². The third-order valence-corrected chi connectivity index (χ3v) is 6.12. The van der Waals surface area contributed by atoms with E-state index in [-0.39, 0.29) is 12.5 Å². The maximum atomic E-state index is 12.5. The molecule has 1 amide bonds. The number of ether oxygens (including phenoxy) is 1. The molecule has 2 atom stereocenters. The molecule has 0 spiro atoms. The minimum Gasteiger partial charge on any atom is -0.480 e. The van der Waals surface area contributed by atoms with Crippen LogP contribution in [-0.4, -0.2) is 78.7 Å². The molecule has 2 heterocycles. The lowest BCUT2D eigenvalue weighted by molar-refractivity contribution is -0.139. The van der Waals surface area contributed by atoms with Gasteiger partial charge in [-0.05, 0) is 19.8 Å². The van der Waals surface area contributed by atoms with Gasteiger partial charge in [-0.25, -0.2) is 8.42 Å². The summed E-state index contributed by atoms with van der Waals surface area (Å²) in [5, 5.41) is 7.39. The quantitative estimate of drug-likeness (QED) is 0.721. The van der Waals surface area contributed by atoms with Crippen LogP contribution in [0, 0.1) is 0 Å². The lowest BCUT2D eigenvalue weighted by Crippen LogP contribution is -2.53. The number of nitrogens with zero attached hydrogens (tertiary/aromatic N) is 2. The molecule has 2 saturated heterocycles. The van der Waals surface area contributed by atoms with Crippen LogP contribution in [0.3, 0.4) is 0 Å². The molecule has 21 heavy (non-hydrogen) atoms. The van der Waals surface area contributed by atoms with E-state index in [9.17, 15) is 18.0 Å². The zero-order valence-corrected chi connectivity index (χ0v) is 12.7. The Kier molecular flexibility index (Phi) is 4.84. The molecule has 0 aliphatic carbocycles. The van der Waals surface area contributed by atoms with E-state index in [0.717, 1.165) is 11.2 Å². The summed E-state index contributed by atoms with van der Waals surface area (Å²) in [7, 11) is -4.02. The third kappa shape index (κ3) is 3.19. The lowest BCUT2D eigenvalue weighted by atomic mass is 10.2. The second kappa shape index (κ2) is 6.29. The summed E-state index contributed by atoms with van der Waals surface area (Å²) in [4.78, 5) is 25.0. The van der Waals surface area contributed by atoms with E-state index in [1.54, 1.807) is 4.90 Å². The molecule has 0 radical (unpaired) electrons. The molecule has 8 nitrogen and oxygen atoms in total. The van der Waals surface area contributed by atoms with Crippen LogP contribution in [0.4, 0.5) is 0 Å². The first-order valence-corrected chi connectivity index (χ1v) is 8.46. The molecule has 1 N–H and O–H groups in total. The number of rotatable bonds is 4. The van der Waals surface area contributed by atoms with Crippen LogP contribution in [0.5, 0.6) is 0 Å². The molecular weight excluding hydrogens is 300 g/mol. The Hall–Kier alpha value is -1.19. The minimum absolute atomic E-state index is 0.195. The SMILES string of the molecule is CC(C(=O)O)S(=O)(=O)N1CCCC1C(=O)N1CCOCC1. The van der Waals surface area contributed by atoms with E-state index < -0.39 is 27.3 Å². The number of aliphatic carboxylic acids is 1. The number of morpholine rings is 1. The van der Waals surface area contributed by atoms with Gasteiger partial charge in [0.2, 0.25) is 15.9 Å². The molecule has 9 heteroatoms. The molecular formula is C12H20N2O6S. The smallest absolute Gasteiger partial charge is 0.323 e. The van der Waals surface area contributed by atoms with Gasteiger partial charge in [0.25, 0.3) is 0 Å². The van der Waals surface area contributed by atoms with Crippen molar-refractivity contribution in [2.75, 3.05) is 32.8 Å². The van der Waals surface area contributed by atoms with Gasteiger partial charge < -0.3 is 14.7 Å². The monoisotopic (exact) mass is 320 g/mol. The van der Waals surface area contributed by atoms with Crippen LogP contribution in [0.1, 0.15) is 19.8 Å². The van der Waals surface area contributed by atoms with Crippen LogP contribution in [0.2, 0.25) is 0 Å². The van der Waals surface area contributed by atoms with Crippen molar-refractivity contribution in [1.82, 2.24) is 9.21 Å². The van der Waals surface area contributed by atoms with E-state index in [1.807, 2.05) is 0 Å². The van der Waals surface area contributed by atoms with Crippen molar-refractivity contribution in [2.24, 2.45) is 0 Å². The summed E-state index contributed by atoms with van der Waals surface area (Å²) in [5.74, 6) is -1.66. The van der Waals surface area contributed by atoms with Gasteiger partial charge in [-0.15, -0.1) is 0 Å². The third-order valence-electron chi connectivity index (χ3n) is 3.93. The van der Waals surface area contributed by atoms with E-state index in [0.29, 0.717) is 39.1 Å². The van der Waals surface area contributed by atoms with Crippen molar-refractivity contribution < 1.29 is 27.9 Å². The van der Waals surface area contributed by atoms with Gasteiger partial charge in [-0.3, -0.25) is 9.59 Å². The van der Waals surface area contributed by atoms with E-state index in [1.165, 1.54) is 0 Å². The molecule has 2 fully saturated rings. The van der Waals surface area contributed by atoms with Crippen LogP contribution in [0.15, 0.2) is 0 Å². The Morgan fingerprint density at radius 2 is 1.86 bits per heavy atom. The van der Waals surface area contributed by atoms with Gasteiger partial charge in [0, 0.05) is 19.6 Å². The fourth-order valence-electron chi connectivity index (χ4n) is 2.62. The highest BCUT2D eigenvalue weighted by atomic mass is 32.2. The average molecular weight is 320 g/mol. The minimum atomic E-state index is -4.02. The molecule has 0 bridgehead atoms. The number of carboxylic acid groups (broad SMARTS) is 1. The Labute approximate surface area is 123 Å². The highest BCUT2D eigenvalue weighted by molar-refractivity contribution is 7.90. The number of carboxylic acids is 1. The van der Waals surface area contributed by atoms with Gasteiger partial charge in [-0.1, -0.05) is 0 Å². The molecule has 2 unspecified atom stereocenters. The van der Waals surface area contributed by atoms with Crippen LogP contribution < -0.4 is 0 Å². The second-order valence-corrected chi connectivity index (χ2v) is 7.44. The largest absolute Gasteiger partial charge is 0.480 e. The average Bonchev–Trinajstić information content (AvgIpc) is 2.96. The van der Waals surface area contributed by atoms with E-state index in [2.05, 4.69) is 0 Å². The van der Waals surface area contributed by atoms with Crippen molar-refractivity contribution in [3.05, 3.63) is 0 Å². The van der Waals surface area contributed by atoms with E-state index >= 15 is 0 Å². The number of carbonyl (C=O) groups excluding carboxylic acids is 1. The van der Waals surface area contributed by atoms with Crippen molar-refractivity contribution >= 4 is 21.9 Å². The first-order chi connectivity index (χ1) is 9.85. The highest BCUT2D eigenvalue weighted by Crippen LogP contribution is 2.25. The lowest BCUT2D eigenvalue weighted by Gasteiger charge is -2.32. The zero-order valence-electron chi connectivity index (χ0n) is 11.9. The van der Waals surface area contributed by atoms with Gasteiger partial charge in [0.1, 0.15) is 6.04 Å². The summed E-state index contributed by atoms with van der Waals surface area (Å²) in [5.41, 5.74) is 0. The number of hydrogen-bond acceptors (Lipinski definition) is 5. The highest BCUT2D eigenvalue weighted by Gasteiger charge is 2.44. The summed E-state index contributed by atoms with van der Waals surface area (Å²) in [6.45, 7) is 3.09. The number of carbonyl (C=O) groups is 2. The fraction of sp³-hybridized carbons (Fsp3) is 0.833. The Bertz CT molecular complexity index is 514. The van der Waals surface area contributed by atoms with Crippen molar-refractivity contribution in [2.45, 2.75) is 31.1 Å². The molecule has 2 rings (SSSR count). The maximum Gasteiger partial charge on any atom is 0.323 e. The first kappa shape index (κ1) is 16.2. The van der Waals surface area contributed by atoms with E-state index in [4.69, 9.17) is 9.84 Å². The summed E-state index contributed by atoms with van der Waals surface area (Å²) < 4.78 is 30.9. The number of hydrogen-bond donors (Lipinski definition) is 1. The van der Waals surface area contributed by atoms with Crippen molar-refractivity contribution in [3.8, 4) is 0 Å². The summed E-state index contributed by atoms with van der Waals surface area (Å²) >= 11 is 0. The topological polar surface area (TPSA) is 104 Å². The van der Waals surface area contributed by atoms with Crippen molar-refractivity contribution in [3.63, 3.8) is 0 Å².